The fourth-order valence-electron chi connectivity index (χ4n) is 1.67. The molecule has 0 fully saturated rings. The number of nitriles is 1. The van der Waals surface area contributed by atoms with Crippen LogP contribution in [0.5, 0.6) is 0 Å². The van der Waals surface area contributed by atoms with Gasteiger partial charge in [-0.25, -0.2) is 0 Å². The third-order valence-electron chi connectivity index (χ3n) is 3.16. The zero-order valence-corrected chi connectivity index (χ0v) is 21.4. The minimum Gasteiger partial charge on any atom is -0.481 e. The molecule has 0 saturated carbocycles. The van der Waals surface area contributed by atoms with Crippen molar-refractivity contribution < 1.29 is 9.90 Å². The summed E-state index contributed by atoms with van der Waals surface area (Å²) in [6.45, 7) is 11.4. The third kappa shape index (κ3) is 18.0. The van der Waals surface area contributed by atoms with Crippen LogP contribution in [0.3, 0.4) is 0 Å². The van der Waals surface area contributed by atoms with E-state index in [2.05, 4.69) is 33.6 Å². The van der Waals surface area contributed by atoms with Gasteiger partial charge in [0.1, 0.15) is 0 Å². The van der Waals surface area contributed by atoms with Gasteiger partial charge in [0.05, 0.1) is 17.9 Å². The lowest BCUT2D eigenvalue weighted by Crippen LogP contribution is -2.28. The molecule has 5 heteroatoms. The molecule has 0 aliphatic rings. The van der Waals surface area contributed by atoms with Crippen LogP contribution in [0.4, 0.5) is 0 Å². The minimum absolute atomic E-state index is 0.515. The van der Waals surface area contributed by atoms with E-state index >= 15 is 0 Å². The summed E-state index contributed by atoms with van der Waals surface area (Å²) in [6.07, 6.45) is 1.99. The lowest BCUT2D eigenvalue weighted by molar-refractivity contribution is -0.142. The summed E-state index contributed by atoms with van der Waals surface area (Å²) in [5.74, 6) is 1.02. The Morgan fingerprint density at radius 1 is 0.931 bits per heavy atom. The maximum absolute atomic E-state index is 10.8. The molecule has 2 aromatic rings. The Kier molecular flexibility index (Phi) is 31.3. The molecule has 0 radical (unpaired) electrons. The van der Waals surface area contributed by atoms with Crippen LogP contribution in [0.15, 0.2) is 60.7 Å². The molecule has 0 saturated heterocycles. The average molecular weight is 487 g/mol. The van der Waals surface area contributed by atoms with Gasteiger partial charge in [-0.15, -0.1) is 11.6 Å². The molecule has 0 aromatic heterocycles. The molecule has 3 nitrogen and oxygen atoms in total. The van der Waals surface area contributed by atoms with E-state index < -0.39 is 11.4 Å². The molecule has 2 aromatic carbocycles. The van der Waals surface area contributed by atoms with Crippen LogP contribution in [0.1, 0.15) is 52.7 Å². The second-order valence-electron chi connectivity index (χ2n) is 5.12. The first-order valence-electron chi connectivity index (χ1n) is 9.44. The normalized spacial score (nSPS) is 8.03. The van der Waals surface area contributed by atoms with Gasteiger partial charge in [0.25, 0.3) is 0 Å². The Morgan fingerprint density at radius 2 is 1.28 bits per heavy atom. The van der Waals surface area contributed by atoms with E-state index in [0.29, 0.717) is 6.42 Å². The van der Waals surface area contributed by atoms with Crippen molar-refractivity contribution >= 4 is 33.5 Å². The number of nitrogens with zero attached hydrogens (tertiary/aromatic N) is 1. The highest BCUT2D eigenvalue weighted by molar-refractivity contribution is 9.08. The topological polar surface area (TPSA) is 61.1 Å². The molecule has 0 unspecified atom stereocenters. The zero-order valence-electron chi connectivity index (χ0n) is 19.0. The molecule has 29 heavy (non-hydrogen) atoms. The van der Waals surface area contributed by atoms with Crippen LogP contribution in [-0.2, 0) is 16.6 Å². The average Bonchev–Trinajstić information content (AvgIpc) is 2.81. The van der Waals surface area contributed by atoms with E-state index in [1.54, 1.807) is 13.8 Å². The number of halogens is 2. The zero-order chi connectivity index (χ0) is 23.7. The fraction of sp³-hybridized carbons (Fsp3) is 0.417. The molecule has 0 aliphatic carbocycles. The maximum atomic E-state index is 10.8. The molecular weight excluding hydrogens is 450 g/mol. The second kappa shape index (κ2) is 26.2. The molecule has 1 N–H and O–H groups in total. The summed E-state index contributed by atoms with van der Waals surface area (Å²) >= 11 is 7.58. The highest BCUT2D eigenvalue weighted by Gasteiger charge is 2.28. The first kappa shape index (κ1) is 34.7. The van der Waals surface area contributed by atoms with Crippen molar-refractivity contribution in [3.8, 4) is 6.07 Å². The highest BCUT2D eigenvalue weighted by Crippen LogP contribution is 2.22. The van der Waals surface area contributed by atoms with Crippen molar-refractivity contribution in [2.75, 3.05) is 12.2 Å². The van der Waals surface area contributed by atoms with E-state index in [1.165, 1.54) is 6.38 Å². The van der Waals surface area contributed by atoms with Crippen molar-refractivity contribution in [3.05, 3.63) is 71.8 Å². The van der Waals surface area contributed by atoms with Gasteiger partial charge in [-0.1, -0.05) is 104 Å². The number of carboxylic acid groups (broad SMARTS) is 1. The molecule has 0 spiro atoms. The fourth-order valence-corrected chi connectivity index (χ4v) is 1.67. The van der Waals surface area contributed by atoms with Gasteiger partial charge in [-0.05, 0) is 30.8 Å². The predicted molar refractivity (Wildman–Crippen MR) is 132 cm³/mol. The van der Waals surface area contributed by atoms with Gasteiger partial charge in [0.2, 0.25) is 0 Å². The number of carbonyl (C=O) groups is 1. The SMILES string of the molecule is CBr.CC.CC.CC(C)(C(=O)O)c1ccccc1.CCl.N#CCc1ccccc1. The van der Waals surface area contributed by atoms with E-state index in [0.717, 1.165) is 11.1 Å². The molecule has 0 amide bonds. The molecular formula is C24H37BrClNO2. The van der Waals surface area contributed by atoms with Crippen molar-refractivity contribution in [2.45, 2.75) is 53.4 Å². The number of hydrogen-bond donors (Lipinski definition) is 1. The Hall–Kier alpha value is -1.83. The summed E-state index contributed by atoms with van der Waals surface area (Å²) in [5.41, 5.74) is 1.12. The second-order valence-corrected chi connectivity index (χ2v) is 5.12. The van der Waals surface area contributed by atoms with Gasteiger partial charge in [0.15, 0.2) is 0 Å². The lowest BCUT2D eigenvalue weighted by Gasteiger charge is -2.18. The van der Waals surface area contributed by atoms with Gasteiger partial charge < -0.3 is 5.11 Å². The summed E-state index contributed by atoms with van der Waals surface area (Å²) in [4.78, 5) is 10.8. The predicted octanol–water partition coefficient (Wildman–Crippen LogP) is 7.72. The highest BCUT2D eigenvalue weighted by atomic mass is 79.9. The Balaban J connectivity index is -0.000000163. The smallest absolute Gasteiger partial charge is 0.313 e. The first-order valence-corrected chi connectivity index (χ1v) is 11.8. The Labute approximate surface area is 191 Å². The van der Waals surface area contributed by atoms with Crippen molar-refractivity contribution in [1.82, 2.24) is 0 Å². The van der Waals surface area contributed by atoms with Crippen LogP contribution in [0.2, 0.25) is 0 Å². The first-order chi connectivity index (χ1) is 14.0. The van der Waals surface area contributed by atoms with Crippen molar-refractivity contribution in [2.24, 2.45) is 0 Å². The van der Waals surface area contributed by atoms with E-state index in [4.69, 9.17) is 10.4 Å². The van der Waals surface area contributed by atoms with Gasteiger partial charge >= 0.3 is 5.97 Å². The quantitative estimate of drug-likeness (QED) is 0.452. The lowest BCUT2D eigenvalue weighted by atomic mass is 9.85. The molecule has 0 aliphatic heterocycles. The number of rotatable bonds is 3. The number of carboxylic acids is 1. The number of hydrogen-bond acceptors (Lipinski definition) is 2. The van der Waals surface area contributed by atoms with Crippen LogP contribution in [0, 0.1) is 11.3 Å². The monoisotopic (exact) mass is 485 g/mol. The third-order valence-corrected chi connectivity index (χ3v) is 3.16. The largest absolute Gasteiger partial charge is 0.481 e. The van der Waals surface area contributed by atoms with E-state index in [9.17, 15) is 4.79 Å². The number of benzene rings is 2. The van der Waals surface area contributed by atoms with Crippen molar-refractivity contribution in [1.29, 1.82) is 5.26 Å². The summed E-state index contributed by atoms with van der Waals surface area (Å²) in [5, 5.41) is 17.2. The van der Waals surface area contributed by atoms with Crippen LogP contribution in [-0.4, -0.2) is 23.3 Å². The molecule has 2 rings (SSSR count). The van der Waals surface area contributed by atoms with Gasteiger partial charge in [-0.2, -0.15) is 5.26 Å². The number of aliphatic carboxylic acids is 1. The minimum atomic E-state index is -0.797. The summed E-state index contributed by atoms with van der Waals surface area (Å²) in [7, 11) is 0. The molecule has 0 atom stereocenters. The maximum Gasteiger partial charge on any atom is 0.313 e. The van der Waals surface area contributed by atoms with E-state index in [-0.39, 0.29) is 0 Å². The summed E-state index contributed by atoms with van der Waals surface area (Å²) < 4.78 is 0. The molecule has 164 valence electrons. The van der Waals surface area contributed by atoms with Crippen LogP contribution < -0.4 is 0 Å². The van der Waals surface area contributed by atoms with Gasteiger partial charge in [0, 0.05) is 6.38 Å². The van der Waals surface area contributed by atoms with Crippen LogP contribution >= 0.6 is 27.5 Å². The molecule has 0 bridgehead atoms. The van der Waals surface area contributed by atoms with Crippen molar-refractivity contribution in [3.63, 3.8) is 0 Å². The molecule has 0 heterocycles. The van der Waals surface area contributed by atoms with Crippen LogP contribution in [0.25, 0.3) is 0 Å². The van der Waals surface area contributed by atoms with E-state index in [1.807, 2.05) is 94.2 Å². The number of alkyl halides is 2. The standard InChI is InChI=1S/C10H12O2.C8H7N.2C2H6.CH3Br.CH3Cl/c1-10(2,9(11)12)8-6-4-3-5-7-8;9-7-6-8-4-2-1-3-5-8;4*1-2/h3-7H,1-2H3,(H,11,12);1-5H,6H2;2*1-2H3;2*1H3. The van der Waals surface area contributed by atoms with Gasteiger partial charge in [-0.3, -0.25) is 4.79 Å². The Morgan fingerprint density at radius 3 is 1.59 bits per heavy atom. The Bertz CT molecular complexity index is 612. The summed E-state index contributed by atoms with van der Waals surface area (Å²) in [6, 6.07) is 21.0.